The van der Waals surface area contributed by atoms with E-state index in [0.717, 1.165) is 35.4 Å². The monoisotopic (exact) mass is 320 g/mol. The van der Waals surface area contributed by atoms with E-state index in [-0.39, 0.29) is 5.78 Å². The number of hydrogen-bond donors (Lipinski definition) is 0. The van der Waals surface area contributed by atoms with Gasteiger partial charge in [0.1, 0.15) is 11.4 Å². The minimum atomic E-state index is 0.286. The molecule has 0 saturated heterocycles. The Morgan fingerprint density at radius 2 is 1.88 bits per heavy atom. The first-order valence-corrected chi connectivity index (χ1v) is 8.65. The Bertz CT molecular complexity index is 862. The fourth-order valence-electron chi connectivity index (χ4n) is 2.98. The summed E-state index contributed by atoms with van der Waals surface area (Å²) < 4.78 is 2.09. The second-order valence-corrected chi connectivity index (χ2v) is 6.46. The van der Waals surface area contributed by atoms with Crippen LogP contribution in [0.3, 0.4) is 0 Å². The van der Waals surface area contributed by atoms with Gasteiger partial charge in [-0.3, -0.25) is 4.79 Å². The summed E-state index contributed by atoms with van der Waals surface area (Å²) >= 11 is 0. The van der Waals surface area contributed by atoms with Crippen molar-refractivity contribution in [2.75, 3.05) is 0 Å². The Labute approximate surface area is 143 Å². The van der Waals surface area contributed by atoms with Crippen LogP contribution in [-0.4, -0.2) is 15.2 Å². The van der Waals surface area contributed by atoms with Crippen LogP contribution in [-0.2, 0) is 11.2 Å². The lowest BCUT2D eigenvalue weighted by Crippen LogP contribution is -2.06. The Kier molecular flexibility index (Phi) is 4.79. The van der Waals surface area contributed by atoms with E-state index < -0.39 is 0 Å². The lowest BCUT2D eigenvalue weighted by atomic mass is 10.0. The van der Waals surface area contributed by atoms with Crippen molar-refractivity contribution in [3.63, 3.8) is 0 Å². The summed E-state index contributed by atoms with van der Waals surface area (Å²) in [6.45, 7) is 6.31. The van der Waals surface area contributed by atoms with Crippen LogP contribution in [0, 0.1) is 13.8 Å². The first-order valence-electron chi connectivity index (χ1n) is 8.65. The van der Waals surface area contributed by atoms with E-state index in [1.54, 1.807) is 0 Å². The van der Waals surface area contributed by atoms with Gasteiger partial charge >= 0.3 is 0 Å². The number of pyridine rings is 1. The Morgan fingerprint density at radius 1 is 1.12 bits per heavy atom. The average Bonchev–Trinajstić information content (AvgIpc) is 2.92. The van der Waals surface area contributed by atoms with E-state index in [1.807, 2.05) is 18.2 Å². The molecule has 2 aromatic heterocycles. The van der Waals surface area contributed by atoms with Gasteiger partial charge in [0, 0.05) is 24.6 Å². The third kappa shape index (κ3) is 3.25. The van der Waals surface area contributed by atoms with Crippen molar-refractivity contribution in [3.8, 4) is 11.3 Å². The molecule has 0 bridgehead atoms. The number of fused-ring (bicyclic) bond motifs is 1. The smallest absolute Gasteiger partial charge is 0.138 e. The molecule has 0 unspecified atom stereocenters. The SMILES string of the molecule is CCCCC(=O)Cc1c(-c2ccccc2)nc2cc(C)c(C)cn12. The summed E-state index contributed by atoms with van der Waals surface area (Å²) in [6, 6.07) is 12.2. The molecule has 0 amide bonds. The normalized spacial score (nSPS) is 11.1. The molecule has 0 aliphatic heterocycles. The van der Waals surface area contributed by atoms with Gasteiger partial charge in [-0.05, 0) is 37.5 Å². The molecule has 3 heteroatoms. The maximum Gasteiger partial charge on any atom is 0.138 e. The standard InChI is InChI=1S/C21H24N2O/c1-4-5-11-18(24)13-19-21(17-9-7-6-8-10-17)22-20-12-15(2)16(3)14-23(19)20/h6-10,12,14H,4-5,11,13H2,1-3H3. The lowest BCUT2D eigenvalue weighted by Gasteiger charge is -2.07. The first-order chi connectivity index (χ1) is 11.6. The van der Waals surface area contributed by atoms with E-state index in [9.17, 15) is 4.79 Å². The number of aryl methyl sites for hydroxylation is 2. The number of rotatable bonds is 6. The molecule has 3 aromatic rings. The van der Waals surface area contributed by atoms with Gasteiger partial charge in [-0.15, -0.1) is 0 Å². The van der Waals surface area contributed by atoms with Gasteiger partial charge in [0.05, 0.1) is 11.4 Å². The Hall–Kier alpha value is -2.42. The highest BCUT2D eigenvalue weighted by molar-refractivity contribution is 5.83. The third-order valence-corrected chi connectivity index (χ3v) is 4.55. The van der Waals surface area contributed by atoms with Gasteiger partial charge in [-0.25, -0.2) is 4.98 Å². The molecule has 0 aliphatic carbocycles. The number of nitrogens with zero attached hydrogens (tertiary/aromatic N) is 2. The molecule has 0 N–H and O–H groups in total. The second-order valence-electron chi connectivity index (χ2n) is 6.46. The number of aromatic nitrogens is 2. The summed E-state index contributed by atoms with van der Waals surface area (Å²) in [5, 5.41) is 0. The van der Waals surface area contributed by atoms with Crippen LogP contribution < -0.4 is 0 Å². The number of carbonyl (C=O) groups excluding carboxylic acids is 1. The molecule has 3 nitrogen and oxygen atoms in total. The van der Waals surface area contributed by atoms with E-state index >= 15 is 0 Å². The van der Waals surface area contributed by atoms with Crippen molar-refractivity contribution in [3.05, 3.63) is 59.4 Å². The molecule has 1 aromatic carbocycles. The van der Waals surface area contributed by atoms with Crippen LogP contribution in [0.15, 0.2) is 42.6 Å². The van der Waals surface area contributed by atoms with Gasteiger partial charge in [0.25, 0.3) is 0 Å². The van der Waals surface area contributed by atoms with E-state index in [2.05, 4.69) is 49.6 Å². The predicted octanol–water partition coefficient (Wildman–Crippen LogP) is 4.92. The first kappa shape index (κ1) is 16.4. The quantitative estimate of drug-likeness (QED) is 0.646. The predicted molar refractivity (Wildman–Crippen MR) is 98.3 cm³/mol. The fraction of sp³-hybridized carbons (Fsp3) is 0.333. The van der Waals surface area contributed by atoms with Gasteiger partial charge in [-0.2, -0.15) is 0 Å². The topological polar surface area (TPSA) is 34.4 Å². The Balaban J connectivity index is 2.12. The molecule has 3 rings (SSSR count). The molecule has 0 atom stereocenters. The summed E-state index contributed by atoms with van der Waals surface area (Å²) in [7, 11) is 0. The maximum absolute atomic E-state index is 12.4. The van der Waals surface area contributed by atoms with Crippen LogP contribution in [0.4, 0.5) is 0 Å². The van der Waals surface area contributed by atoms with Crippen molar-refractivity contribution in [2.24, 2.45) is 0 Å². The number of unbranched alkanes of at least 4 members (excludes halogenated alkanes) is 1. The van der Waals surface area contributed by atoms with Crippen molar-refractivity contribution in [1.29, 1.82) is 0 Å². The zero-order valence-corrected chi connectivity index (χ0v) is 14.7. The third-order valence-electron chi connectivity index (χ3n) is 4.55. The average molecular weight is 320 g/mol. The maximum atomic E-state index is 12.4. The highest BCUT2D eigenvalue weighted by Crippen LogP contribution is 2.26. The number of hydrogen-bond acceptors (Lipinski definition) is 2. The highest BCUT2D eigenvalue weighted by atomic mass is 16.1. The number of benzene rings is 1. The zero-order chi connectivity index (χ0) is 17.1. The number of imidazole rings is 1. The van der Waals surface area contributed by atoms with E-state index in [1.165, 1.54) is 11.1 Å². The minimum absolute atomic E-state index is 0.286. The summed E-state index contributed by atoms with van der Waals surface area (Å²) in [5.41, 5.74) is 6.33. The molecule has 24 heavy (non-hydrogen) atoms. The molecule has 0 fully saturated rings. The molecule has 124 valence electrons. The van der Waals surface area contributed by atoms with Gasteiger partial charge < -0.3 is 4.40 Å². The summed E-state index contributed by atoms with van der Waals surface area (Å²) in [4.78, 5) is 17.2. The van der Waals surface area contributed by atoms with Crippen LogP contribution in [0.1, 0.15) is 43.0 Å². The summed E-state index contributed by atoms with van der Waals surface area (Å²) in [6.07, 6.45) is 5.18. The molecule has 2 heterocycles. The van der Waals surface area contributed by atoms with Gasteiger partial charge in [0.2, 0.25) is 0 Å². The van der Waals surface area contributed by atoms with Crippen molar-refractivity contribution < 1.29 is 4.79 Å². The van der Waals surface area contributed by atoms with Gasteiger partial charge in [0.15, 0.2) is 0 Å². The van der Waals surface area contributed by atoms with E-state index in [4.69, 9.17) is 4.98 Å². The number of ketones is 1. The number of carbonyl (C=O) groups is 1. The summed E-state index contributed by atoms with van der Waals surface area (Å²) in [5.74, 6) is 0.286. The molecule has 0 radical (unpaired) electrons. The second kappa shape index (κ2) is 7.00. The molecule has 0 spiro atoms. The molecular formula is C21H24N2O. The number of Topliss-reactive ketones (excluding diaryl/α,β-unsaturated/α-hetero) is 1. The highest BCUT2D eigenvalue weighted by Gasteiger charge is 2.17. The molecular weight excluding hydrogens is 296 g/mol. The van der Waals surface area contributed by atoms with E-state index in [0.29, 0.717) is 12.8 Å². The van der Waals surface area contributed by atoms with Crippen LogP contribution in [0.5, 0.6) is 0 Å². The molecule has 0 saturated carbocycles. The minimum Gasteiger partial charge on any atom is -0.303 e. The van der Waals surface area contributed by atoms with Crippen LogP contribution in [0.2, 0.25) is 0 Å². The van der Waals surface area contributed by atoms with Crippen LogP contribution in [0.25, 0.3) is 16.9 Å². The van der Waals surface area contributed by atoms with Crippen molar-refractivity contribution in [2.45, 2.75) is 46.5 Å². The Morgan fingerprint density at radius 3 is 2.58 bits per heavy atom. The van der Waals surface area contributed by atoms with Crippen molar-refractivity contribution >= 4 is 11.4 Å². The van der Waals surface area contributed by atoms with Crippen LogP contribution >= 0.6 is 0 Å². The fourth-order valence-corrected chi connectivity index (χ4v) is 2.98. The lowest BCUT2D eigenvalue weighted by molar-refractivity contribution is -0.118. The zero-order valence-electron chi connectivity index (χ0n) is 14.7. The van der Waals surface area contributed by atoms with Crippen molar-refractivity contribution in [1.82, 2.24) is 9.38 Å². The largest absolute Gasteiger partial charge is 0.303 e. The van der Waals surface area contributed by atoms with Gasteiger partial charge in [-0.1, -0.05) is 43.7 Å². The molecule has 0 aliphatic rings.